The molecule has 4 rings (SSSR count). The van der Waals surface area contributed by atoms with Crippen LogP contribution in [0, 0.1) is 0 Å². The van der Waals surface area contributed by atoms with Crippen LogP contribution in [0.15, 0.2) is 58.4 Å². The number of hydrogen-bond donors (Lipinski definition) is 1. The molecule has 0 unspecified atom stereocenters. The van der Waals surface area contributed by atoms with E-state index in [4.69, 9.17) is 4.42 Å². The fraction of sp³-hybridized carbons (Fsp3) is 0.118. The molecule has 26 heavy (non-hydrogen) atoms. The largest absolute Gasteiger partial charge is 0.411 e. The van der Waals surface area contributed by atoms with Gasteiger partial charge in [0.1, 0.15) is 6.54 Å². The molecule has 0 atom stereocenters. The molecule has 1 aliphatic rings. The van der Waals surface area contributed by atoms with Crippen LogP contribution in [-0.4, -0.2) is 39.3 Å². The lowest BCUT2D eigenvalue weighted by Crippen LogP contribution is -2.43. The van der Waals surface area contributed by atoms with Crippen molar-refractivity contribution in [2.45, 2.75) is 5.22 Å². The highest BCUT2D eigenvalue weighted by Gasteiger charge is 2.26. The van der Waals surface area contributed by atoms with Crippen LogP contribution in [0.2, 0.25) is 0 Å². The van der Waals surface area contributed by atoms with E-state index in [9.17, 15) is 9.59 Å². The molecular formula is C17H13N5O3S. The minimum absolute atomic E-state index is 0.0127. The molecular weight excluding hydrogens is 354 g/mol. The summed E-state index contributed by atoms with van der Waals surface area (Å²) in [5.41, 5.74) is 2.01. The standard InChI is InChI=1S/C17H13N5O3S/c23-14-9-22(13-6-2-1-5-12(13)19-14)15(24)10-26-17-21-20-16(25-17)11-4-3-7-18-8-11/h1-8H,9-10H2,(H,19,23). The Morgan fingerprint density at radius 3 is 2.96 bits per heavy atom. The Bertz CT molecular complexity index is 960. The number of hydrogen-bond acceptors (Lipinski definition) is 7. The Morgan fingerprint density at radius 2 is 2.12 bits per heavy atom. The Kier molecular flexibility index (Phi) is 4.36. The van der Waals surface area contributed by atoms with Crippen LogP contribution in [0.25, 0.3) is 11.5 Å². The Morgan fingerprint density at radius 1 is 1.23 bits per heavy atom. The van der Waals surface area contributed by atoms with E-state index in [1.54, 1.807) is 36.7 Å². The summed E-state index contributed by atoms with van der Waals surface area (Å²) in [7, 11) is 0. The molecule has 0 saturated heterocycles. The van der Waals surface area contributed by atoms with E-state index < -0.39 is 0 Å². The summed E-state index contributed by atoms with van der Waals surface area (Å²) in [4.78, 5) is 29.9. The highest BCUT2D eigenvalue weighted by molar-refractivity contribution is 7.99. The first-order valence-corrected chi connectivity index (χ1v) is 8.75. The average molecular weight is 367 g/mol. The lowest BCUT2D eigenvalue weighted by atomic mass is 10.2. The molecule has 2 aromatic heterocycles. The molecule has 1 aromatic carbocycles. The topological polar surface area (TPSA) is 101 Å². The summed E-state index contributed by atoms with van der Waals surface area (Å²) in [5, 5.41) is 10.9. The number of rotatable bonds is 4. The third-order valence-electron chi connectivity index (χ3n) is 3.71. The highest BCUT2D eigenvalue weighted by Crippen LogP contribution is 2.30. The van der Waals surface area contributed by atoms with E-state index in [0.717, 1.165) is 11.8 Å². The second-order valence-corrected chi connectivity index (χ2v) is 6.38. The Hall–Kier alpha value is -3.20. The van der Waals surface area contributed by atoms with Crippen molar-refractivity contribution in [1.82, 2.24) is 15.2 Å². The molecule has 0 fully saturated rings. The molecule has 9 heteroatoms. The van der Waals surface area contributed by atoms with E-state index in [1.807, 2.05) is 12.1 Å². The predicted molar refractivity (Wildman–Crippen MR) is 95.7 cm³/mol. The number of pyridine rings is 1. The summed E-state index contributed by atoms with van der Waals surface area (Å²) < 4.78 is 5.55. The number of fused-ring (bicyclic) bond motifs is 1. The van der Waals surface area contributed by atoms with Crippen molar-refractivity contribution in [2.75, 3.05) is 22.5 Å². The van der Waals surface area contributed by atoms with Gasteiger partial charge < -0.3 is 14.6 Å². The molecule has 1 aliphatic heterocycles. The van der Waals surface area contributed by atoms with Crippen molar-refractivity contribution in [3.05, 3.63) is 48.8 Å². The smallest absolute Gasteiger partial charge is 0.277 e. The lowest BCUT2D eigenvalue weighted by Gasteiger charge is -2.28. The summed E-state index contributed by atoms with van der Waals surface area (Å²) in [6, 6.07) is 10.8. The number of aromatic nitrogens is 3. The van der Waals surface area contributed by atoms with E-state index in [2.05, 4.69) is 20.5 Å². The maximum Gasteiger partial charge on any atom is 0.277 e. The average Bonchev–Trinajstić information content (AvgIpc) is 3.15. The SMILES string of the molecule is O=C1CN(C(=O)CSc2nnc(-c3cccnc3)o2)c2ccccc2N1. The predicted octanol–water partition coefficient (Wildman–Crippen LogP) is 2.21. The number of anilines is 2. The number of benzene rings is 1. The lowest BCUT2D eigenvalue weighted by molar-refractivity contribution is -0.120. The van der Waals surface area contributed by atoms with Crippen LogP contribution >= 0.6 is 11.8 Å². The summed E-state index contributed by atoms with van der Waals surface area (Å²) in [6.45, 7) is -0.0127. The Labute approximate surface area is 152 Å². The van der Waals surface area contributed by atoms with Crippen LogP contribution < -0.4 is 10.2 Å². The number of para-hydroxylation sites is 2. The quantitative estimate of drug-likeness (QED) is 0.706. The Balaban J connectivity index is 1.45. The number of carbonyl (C=O) groups is 2. The van der Waals surface area contributed by atoms with Gasteiger partial charge in [-0.15, -0.1) is 10.2 Å². The van der Waals surface area contributed by atoms with E-state index in [-0.39, 0.29) is 29.3 Å². The zero-order valence-electron chi connectivity index (χ0n) is 13.5. The van der Waals surface area contributed by atoms with Gasteiger partial charge in [0.2, 0.25) is 17.7 Å². The van der Waals surface area contributed by atoms with Gasteiger partial charge in [-0.2, -0.15) is 0 Å². The molecule has 130 valence electrons. The normalized spacial score (nSPS) is 13.2. The zero-order chi connectivity index (χ0) is 17.9. The van der Waals surface area contributed by atoms with Gasteiger partial charge in [-0.05, 0) is 24.3 Å². The van der Waals surface area contributed by atoms with Crippen molar-refractivity contribution >= 4 is 35.0 Å². The van der Waals surface area contributed by atoms with Crippen molar-refractivity contribution in [1.29, 1.82) is 0 Å². The molecule has 0 spiro atoms. The van der Waals surface area contributed by atoms with Crippen LogP contribution in [-0.2, 0) is 9.59 Å². The van der Waals surface area contributed by atoms with Crippen LogP contribution in [0.1, 0.15) is 0 Å². The number of nitrogens with zero attached hydrogens (tertiary/aromatic N) is 4. The summed E-state index contributed by atoms with van der Waals surface area (Å²) in [5.74, 6) is -0.0103. The van der Waals surface area contributed by atoms with Crippen molar-refractivity contribution < 1.29 is 14.0 Å². The molecule has 0 saturated carbocycles. The first kappa shape index (κ1) is 16.3. The van der Waals surface area contributed by atoms with Crippen LogP contribution in [0.4, 0.5) is 11.4 Å². The van der Waals surface area contributed by atoms with Gasteiger partial charge in [0, 0.05) is 12.4 Å². The van der Waals surface area contributed by atoms with Gasteiger partial charge in [-0.3, -0.25) is 14.6 Å². The number of nitrogens with one attached hydrogen (secondary N) is 1. The molecule has 3 aromatic rings. The summed E-state index contributed by atoms with van der Waals surface area (Å²) in [6.07, 6.45) is 3.27. The second-order valence-electron chi connectivity index (χ2n) is 5.45. The van der Waals surface area contributed by atoms with Crippen molar-refractivity contribution in [3.63, 3.8) is 0 Å². The van der Waals surface area contributed by atoms with Crippen LogP contribution in [0.5, 0.6) is 0 Å². The van der Waals surface area contributed by atoms with Crippen LogP contribution in [0.3, 0.4) is 0 Å². The van der Waals surface area contributed by atoms with E-state index in [0.29, 0.717) is 22.8 Å². The van der Waals surface area contributed by atoms with E-state index >= 15 is 0 Å². The molecule has 0 radical (unpaired) electrons. The number of thioether (sulfide) groups is 1. The fourth-order valence-electron chi connectivity index (χ4n) is 2.53. The molecule has 0 aliphatic carbocycles. The minimum atomic E-state index is -0.223. The van der Waals surface area contributed by atoms with Crippen molar-refractivity contribution in [2.24, 2.45) is 0 Å². The van der Waals surface area contributed by atoms with Crippen molar-refractivity contribution in [3.8, 4) is 11.5 Å². The molecule has 3 heterocycles. The number of amides is 2. The maximum atomic E-state index is 12.6. The summed E-state index contributed by atoms with van der Waals surface area (Å²) >= 11 is 1.13. The number of carbonyl (C=O) groups excluding carboxylic acids is 2. The molecule has 1 N–H and O–H groups in total. The first-order valence-electron chi connectivity index (χ1n) is 7.76. The highest BCUT2D eigenvalue weighted by atomic mass is 32.2. The zero-order valence-corrected chi connectivity index (χ0v) is 14.3. The van der Waals surface area contributed by atoms with Gasteiger partial charge >= 0.3 is 0 Å². The second kappa shape index (κ2) is 6.96. The van der Waals surface area contributed by atoms with E-state index in [1.165, 1.54) is 4.90 Å². The molecule has 2 amide bonds. The maximum absolute atomic E-state index is 12.6. The third-order valence-corrected chi connectivity index (χ3v) is 4.51. The minimum Gasteiger partial charge on any atom is -0.411 e. The monoisotopic (exact) mass is 367 g/mol. The van der Waals surface area contributed by atoms with Gasteiger partial charge in [0.05, 0.1) is 22.7 Å². The van der Waals surface area contributed by atoms with Gasteiger partial charge in [0.25, 0.3) is 5.22 Å². The first-order chi connectivity index (χ1) is 12.7. The third kappa shape index (κ3) is 3.29. The fourth-order valence-corrected chi connectivity index (χ4v) is 3.17. The van der Waals surface area contributed by atoms with Gasteiger partial charge in [0.15, 0.2) is 0 Å². The molecule has 0 bridgehead atoms. The van der Waals surface area contributed by atoms with Gasteiger partial charge in [-0.1, -0.05) is 23.9 Å². The molecule has 8 nitrogen and oxygen atoms in total. The van der Waals surface area contributed by atoms with Gasteiger partial charge in [-0.25, -0.2) is 0 Å².